The van der Waals surface area contributed by atoms with E-state index in [1.165, 1.54) is 5.56 Å². The van der Waals surface area contributed by atoms with Crippen LogP contribution in [0.25, 0.3) is 0 Å². The van der Waals surface area contributed by atoms with Crippen LogP contribution in [0.4, 0.5) is 0 Å². The lowest BCUT2D eigenvalue weighted by Gasteiger charge is -2.17. The van der Waals surface area contributed by atoms with Crippen molar-refractivity contribution in [3.05, 3.63) is 68.1 Å². The quantitative estimate of drug-likeness (QED) is 0.786. The van der Waals surface area contributed by atoms with Gasteiger partial charge in [0.05, 0.1) is 10.0 Å². The fourth-order valence-electron chi connectivity index (χ4n) is 2.02. The minimum Gasteiger partial charge on any atom is -0.313 e. The molecule has 100 valence electrons. The summed E-state index contributed by atoms with van der Waals surface area (Å²) in [6, 6.07) is 14.3. The predicted octanol–water partition coefficient (Wildman–Crippen LogP) is 5.26. The monoisotopic (exact) mass is 357 g/mol. The van der Waals surface area contributed by atoms with Crippen LogP contribution in [0.5, 0.6) is 0 Å². The lowest BCUT2D eigenvalue weighted by atomic mass is 9.99. The Morgan fingerprint density at radius 2 is 1.89 bits per heavy atom. The Balaban J connectivity index is 2.22. The van der Waals surface area contributed by atoms with Crippen LogP contribution < -0.4 is 5.32 Å². The molecule has 0 radical (unpaired) electrons. The number of hydrogen-bond acceptors (Lipinski definition) is 1. The zero-order valence-electron chi connectivity index (χ0n) is 10.5. The lowest BCUT2D eigenvalue weighted by Crippen LogP contribution is -2.18. The van der Waals surface area contributed by atoms with Gasteiger partial charge < -0.3 is 5.32 Å². The van der Waals surface area contributed by atoms with Crippen LogP contribution in [-0.4, -0.2) is 7.05 Å². The van der Waals surface area contributed by atoms with Crippen molar-refractivity contribution in [2.24, 2.45) is 0 Å². The first-order chi connectivity index (χ1) is 9.10. The highest BCUT2D eigenvalue weighted by atomic mass is 79.9. The number of hydrogen-bond donors (Lipinski definition) is 1. The molecular weight excluding hydrogens is 345 g/mol. The van der Waals surface area contributed by atoms with E-state index in [4.69, 9.17) is 23.2 Å². The van der Waals surface area contributed by atoms with Crippen molar-refractivity contribution >= 4 is 39.1 Å². The van der Waals surface area contributed by atoms with E-state index in [1.807, 2.05) is 37.4 Å². The highest BCUT2D eigenvalue weighted by Gasteiger charge is 2.11. The van der Waals surface area contributed by atoms with E-state index in [1.54, 1.807) is 0 Å². The highest BCUT2D eigenvalue weighted by Crippen LogP contribution is 2.27. The summed E-state index contributed by atoms with van der Waals surface area (Å²) < 4.78 is 1.09. The van der Waals surface area contributed by atoms with Gasteiger partial charge in [0.15, 0.2) is 0 Å². The zero-order valence-corrected chi connectivity index (χ0v) is 13.6. The average Bonchev–Trinajstić information content (AvgIpc) is 2.39. The molecule has 2 aromatic rings. The van der Waals surface area contributed by atoms with Crippen molar-refractivity contribution in [2.45, 2.75) is 12.5 Å². The van der Waals surface area contributed by atoms with Crippen molar-refractivity contribution in [1.29, 1.82) is 0 Å². The van der Waals surface area contributed by atoms with Crippen molar-refractivity contribution in [2.75, 3.05) is 7.05 Å². The molecule has 0 saturated carbocycles. The van der Waals surface area contributed by atoms with Crippen LogP contribution in [0.2, 0.25) is 10.0 Å². The summed E-state index contributed by atoms with van der Waals surface area (Å²) in [4.78, 5) is 0. The molecule has 1 unspecified atom stereocenters. The fourth-order valence-corrected chi connectivity index (χ4v) is 2.77. The Morgan fingerprint density at radius 3 is 2.53 bits per heavy atom. The molecule has 1 atom stereocenters. The number of rotatable bonds is 4. The summed E-state index contributed by atoms with van der Waals surface area (Å²) >= 11 is 15.5. The standard InChI is InChI=1S/C15H14BrCl2N/c1-19-15(8-10-3-2-4-12(16)7-10)11-5-6-13(17)14(18)9-11/h2-7,9,15,19H,8H2,1H3. The summed E-state index contributed by atoms with van der Waals surface area (Å²) in [6.07, 6.45) is 0.897. The maximum atomic E-state index is 6.08. The number of likely N-dealkylation sites (N-methyl/N-ethyl adjacent to an activating group) is 1. The third kappa shape index (κ3) is 3.96. The van der Waals surface area contributed by atoms with Gasteiger partial charge in [-0.25, -0.2) is 0 Å². The van der Waals surface area contributed by atoms with Gasteiger partial charge in [0.2, 0.25) is 0 Å². The molecule has 0 aromatic heterocycles. The summed E-state index contributed by atoms with van der Waals surface area (Å²) in [5, 5.41) is 4.49. The van der Waals surface area contributed by atoms with Gasteiger partial charge in [-0.15, -0.1) is 0 Å². The molecule has 19 heavy (non-hydrogen) atoms. The lowest BCUT2D eigenvalue weighted by molar-refractivity contribution is 0.592. The molecule has 0 aliphatic rings. The molecule has 0 aliphatic heterocycles. The highest BCUT2D eigenvalue weighted by molar-refractivity contribution is 9.10. The Labute approximate surface area is 132 Å². The van der Waals surface area contributed by atoms with Crippen LogP contribution in [0.3, 0.4) is 0 Å². The average molecular weight is 359 g/mol. The SMILES string of the molecule is CNC(Cc1cccc(Br)c1)c1ccc(Cl)c(Cl)c1. The van der Waals surface area contributed by atoms with Crippen molar-refractivity contribution in [3.8, 4) is 0 Å². The fraction of sp³-hybridized carbons (Fsp3) is 0.200. The molecule has 0 spiro atoms. The molecule has 0 aliphatic carbocycles. The molecule has 0 saturated heterocycles. The molecule has 4 heteroatoms. The number of benzene rings is 2. The Kier molecular flexibility index (Phi) is 5.28. The van der Waals surface area contributed by atoms with Crippen LogP contribution >= 0.6 is 39.1 Å². The minimum atomic E-state index is 0.212. The van der Waals surface area contributed by atoms with Gasteiger partial charge in [0.25, 0.3) is 0 Å². The molecule has 1 nitrogen and oxygen atoms in total. The van der Waals surface area contributed by atoms with Gasteiger partial charge in [-0.2, -0.15) is 0 Å². The first kappa shape index (κ1) is 14.9. The molecule has 2 aromatic carbocycles. The van der Waals surface area contributed by atoms with Crippen LogP contribution in [-0.2, 0) is 6.42 Å². The third-order valence-corrected chi connectivity index (χ3v) is 4.26. The molecule has 2 rings (SSSR count). The van der Waals surface area contributed by atoms with Crippen LogP contribution in [0.1, 0.15) is 17.2 Å². The third-order valence-electron chi connectivity index (χ3n) is 3.02. The maximum Gasteiger partial charge on any atom is 0.0595 e. The Hall–Kier alpha value is -0.540. The molecule has 0 bridgehead atoms. The summed E-state index contributed by atoms with van der Waals surface area (Å²) in [5.74, 6) is 0. The smallest absolute Gasteiger partial charge is 0.0595 e. The predicted molar refractivity (Wildman–Crippen MR) is 86.1 cm³/mol. The van der Waals surface area contributed by atoms with Gasteiger partial charge in [-0.3, -0.25) is 0 Å². The normalized spacial score (nSPS) is 12.4. The maximum absolute atomic E-state index is 6.08. The van der Waals surface area contributed by atoms with Crippen LogP contribution in [0, 0.1) is 0 Å². The van der Waals surface area contributed by atoms with Crippen molar-refractivity contribution in [3.63, 3.8) is 0 Å². The minimum absolute atomic E-state index is 0.212. The van der Waals surface area contributed by atoms with E-state index in [-0.39, 0.29) is 6.04 Å². The second kappa shape index (κ2) is 6.76. The molecule has 0 heterocycles. The largest absolute Gasteiger partial charge is 0.313 e. The summed E-state index contributed by atoms with van der Waals surface area (Å²) in [7, 11) is 1.95. The van der Waals surface area contributed by atoms with E-state index in [0.29, 0.717) is 10.0 Å². The van der Waals surface area contributed by atoms with Gasteiger partial charge in [-0.1, -0.05) is 57.3 Å². The van der Waals surface area contributed by atoms with E-state index < -0.39 is 0 Å². The van der Waals surface area contributed by atoms with E-state index in [0.717, 1.165) is 16.5 Å². The number of nitrogens with one attached hydrogen (secondary N) is 1. The number of halogens is 3. The van der Waals surface area contributed by atoms with Gasteiger partial charge in [0, 0.05) is 10.5 Å². The van der Waals surface area contributed by atoms with Gasteiger partial charge in [-0.05, 0) is 48.9 Å². The van der Waals surface area contributed by atoms with E-state index >= 15 is 0 Å². The van der Waals surface area contributed by atoms with Gasteiger partial charge in [0.1, 0.15) is 0 Å². The van der Waals surface area contributed by atoms with E-state index in [2.05, 4.69) is 33.4 Å². The Morgan fingerprint density at radius 1 is 1.11 bits per heavy atom. The van der Waals surface area contributed by atoms with E-state index in [9.17, 15) is 0 Å². The summed E-state index contributed by atoms with van der Waals surface area (Å²) in [6.45, 7) is 0. The molecule has 0 fully saturated rings. The second-order valence-corrected chi connectivity index (χ2v) is 6.08. The molecular formula is C15H14BrCl2N. The Bertz CT molecular complexity index is 572. The summed E-state index contributed by atoms with van der Waals surface area (Å²) in [5.41, 5.74) is 2.40. The van der Waals surface area contributed by atoms with Gasteiger partial charge >= 0.3 is 0 Å². The second-order valence-electron chi connectivity index (χ2n) is 4.35. The van der Waals surface area contributed by atoms with Crippen molar-refractivity contribution < 1.29 is 0 Å². The topological polar surface area (TPSA) is 12.0 Å². The zero-order chi connectivity index (χ0) is 13.8. The molecule has 0 amide bonds. The first-order valence-corrected chi connectivity index (χ1v) is 7.51. The van der Waals surface area contributed by atoms with Crippen LogP contribution in [0.15, 0.2) is 46.9 Å². The first-order valence-electron chi connectivity index (χ1n) is 5.97. The molecule has 1 N–H and O–H groups in total. The van der Waals surface area contributed by atoms with Crippen molar-refractivity contribution in [1.82, 2.24) is 5.32 Å².